The van der Waals surface area contributed by atoms with E-state index in [1.165, 1.54) is 17.4 Å². The predicted molar refractivity (Wildman–Crippen MR) is 80.1 cm³/mol. The summed E-state index contributed by atoms with van der Waals surface area (Å²) in [6, 6.07) is 8.81. The van der Waals surface area contributed by atoms with Crippen molar-refractivity contribution in [3.05, 3.63) is 51.7 Å². The van der Waals surface area contributed by atoms with Crippen molar-refractivity contribution in [1.29, 1.82) is 0 Å². The number of nitrogens with one attached hydrogen (secondary N) is 1. The fourth-order valence-corrected chi connectivity index (χ4v) is 4.00. The van der Waals surface area contributed by atoms with E-state index >= 15 is 0 Å². The maximum absolute atomic E-state index is 12.4. The molecule has 0 atom stereocenters. The van der Waals surface area contributed by atoms with Gasteiger partial charge in [0.05, 0.1) is 11.5 Å². The van der Waals surface area contributed by atoms with Crippen LogP contribution in [0.2, 0.25) is 0 Å². The Morgan fingerprint density at radius 3 is 2.70 bits per heavy atom. The van der Waals surface area contributed by atoms with Gasteiger partial charge < -0.3 is 5.11 Å². The molecule has 2 aromatic rings. The molecule has 4 nitrogen and oxygen atoms in total. The van der Waals surface area contributed by atoms with Gasteiger partial charge in [-0.2, -0.15) is 0 Å². The van der Waals surface area contributed by atoms with Crippen LogP contribution in [0.1, 0.15) is 22.9 Å². The maximum Gasteiger partial charge on any atom is 0.241 e. The van der Waals surface area contributed by atoms with Gasteiger partial charge in [0.1, 0.15) is 0 Å². The minimum absolute atomic E-state index is 0.169. The highest BCUT2D eigenvalue weighted by Gasteiger charge is 2.18. The van der Waals surface area contributed by atoms with E-state index in [0.29, 0.717) is 12.0 Å². The van der Waals surface area contributed by atoms with E-state index in [9.17, 15) is 8.42 Å². The molecule has 1 aromatic carbocycles. The number of hydrogen-bond donors (Lipinski definition) is 2. The molecule has 6 heteroatoms. The Bertz CT molecular complexity index is 664. The molecule has 0 unspecified atom stereocenters. The van der Waals surface area contributed by atoms with Crippen LogP contribution in [0.3, 0.4) is 0 Å². The van der Waals surface area contributed by atoms with Crippen molar-refractivity contribution in [3.8, 4) is 0 Å². The van der Waals surface area contributed by atoms with Gasteiger partial charge >= 0.3 is 0 Å². The smallest absolute Gasteiger partial charge is 0.241 e. The van der Waals surface area contributed by atoms with Crippen molar-refractivity contribution in [2.45, 2.75) is 31.4 Å². The zero-order valence-corrected chi connectivity index (χ0v) is 12.8. The minimum Gasteiger partial charge on any atom is -0.392 e. The summed E-state index contributed by atoms with van der Waals surface area (Å²) in [5.74, 6) is 0. The second kappa shape index (κ2) is 6.49. The lowest BCUT2D eigenvalue weighted by Gasteiger charge is -2.11. The summed E-state index contributed by atoms with van der Waals surface area (Å²) in [7, 11) is -3.57. The van der Waals surface area contributed by atoms with Gasteiger partial charge in [-0.1, -0.05) is 25.1 Å². The highest BCUT2D eigenvalue weighted by molar-refractivity contribution is 7.89. The summed E-state index contributed by atoms with van der Waals surface area (Å²) in [5, 5.41) is 11.1. The first-order chi connectivity index (χ1) is 9.56. The number of thiophene rings is 1. The second-order valence-electron chi connectivity index (χ2n) is 4.36. The quantitative estimate of drug-likeness (QED) is 0.860. The zero-order chi connectivity index (χ0) is 14.6. The van der Waals surface area contributed by atoms with Crippen molar-refractivity contribution in [2.75, 3.05) is 0 Å². The minimum atomic E-state index is -3.57. The van der Waals surface area contributed by atoms with Gasteiger partial charge in [-0.25, -0.2) is 13.1 Å². The van der Waals surface area contributed by atoms with E-state index in [4.69, 9.17) is 5.11 Å². The molecule has 0 aliphatic carbocycles. The molecule has 0 fully saturated rings. The number of hydrogen-bond acceptors (Lipinski definition) is 4. The highest BCUT2D eigenvalue weighted by atomic mass is 32.2. The Morgan fingerprint density at radius 1 is 1.30 bits per heavy atom. The first-order valence-electron chi connectivity index (χ1n) is 6.31. The van der Waals surface area contributed by atoms with Crippen molar-refractivity contribution in [3.63, 3.8) is 0 Å². The topological polar surface area (TPSA) is 66.4 Å². The van der Waals surface area contributed by atoms with Gasteiger partial charge in [0.2, 0.25) is 10.0 Å². The lowest BCUT2D eigenvalue weighted by atomic mass is 10.1. The first kappa shape index (κ1) is 15.2. The molecule has 1 aromatic heterocycles. The molecule has 0 radical (unpaired) electrons. The Hall–Kier alpha value is -1.21. The molecular formula is C14H17NO3S2. The Labute approximate surface area is 123 Å². The zero-order valence-electron chi connectivity index (χ0n) is 11.2. The van der Waals surface area contributed by atoms with Crippen molar-refractivity contribution >= 4 is 21.4 Å². The first-order valence-corrected chi connectivity index (χ1v) is 8.68. The Kier molecular flexibility index (Phi) is 4.93. The molecule has 0 saturated carbocycles. The number of aliphatic hydroxyl groups excluding tert-OH is 1. The standard InChI is InChI=1S/C14H17NO3S2/c1-2-12-6-5-11(10-16)8-14(12)20(17,18)15-9-13-4-3-7-19-13/h3-8,15-16H,2,9-10H2,1H3. The lowest BCUT2D eigenvalue weighted by Crippen LogP contribution is -2.24. The molecule has 0 spiro atoms. The number of benzene rings is 1. The third-order valence-corrected chi connectivity index (χ3v) is 5.36. The van der Waals surface area contributed by atoms with Crippen molar-refractivity contribution < 1.29 is 13.5 Å². The van der Waals surface area contributed by atoms with E-state index in [-0.39, 0.29) is 18.0 Å². The lowest BCUT2D eigenvalue weighted by molar-refractivity contribution is 0.281. The fourth-order valence-electron chi connectivity index (χ4n) is 1.90. The summed E-state index contributed by atoms with van der Waals surface area (Å²) >= 11 is 1.51. The average molecular weight is 311 g/mol. The highest BCUT2D eigenvalue weighted by Crippen LogP contribution is 2.19. The van der Waals surface area contributed by atoms with E-state index in [1.807, 2.05) is 24.4 Å². The van der Waals surface area contributed by atoms with Crippen molar-refractivity contribution in [1.82, 2.24) is 4.72 Å². The van der Waals surface area contributed by atoms with Crippen LogP contribution in [-0.4, -0.2) is 13.5 Å². The molecule has 108 valence electrons. The maximum atomic E-state index is 12.4. The van der Waals surface area contributed by atoms with Crippen LogP contribution in [0.25, 0.3) is 0 Å². The molecule has 0 aliphatic heterocycles. The summed E-state index contributed by atoms with van der Waals surface area (Å²) in [5.41, 5.74) is 1.35. The monoisotopic (exact) mass is 311 g/mol. The van der Waals surface area contributed by atoms with Gasteiger partial charge in [0.15, 0.2) is 0 Å². The summed E-state index contributed by atoms with van der Waals surface area (Å²) < 4.78 is 27.4. The average Bonchev–Trinajstić information content (AvgIpc) is 2.98. The molecule has 0 aliphatic rings. The Morgan fingerprint density at radius 2 is 2.10 bits per heavy atom. The van der Waals surface area contributed by atoms with E-state index < -0.39 is 10.0 Å². The van der Waals surface area contributed by atoms with Gasteiger partial charge in [0, 0.05) is 11.4 Å². The Balaban J connectivity index is 2.28. The largest absolute Gasteiger partial charge is 0.392 e. The van der Waals surface area contributed by atoms with Crippen LogP contribution < -0.4 is 4.72 Å². The fraction of sp³-hybridized carbons (Fsp3) is 0.286. The SMILES string of the molecule is CCc1ccc(CO)cc1S(=O)(=O)NCc1cccs1. The van der Waals surface area contributed by atoms with Gasteiger partial charge in [0.25, 0.3) is 0 Å². The molecule has 1 heterocycles. The van der Waals surface area contributed by atoms with Gasteiger partial charge in [-0.3, -0.25) is 0 Å². The van der Waals surface area contributed by atoms with Gasteiger partial charge in [-0.15, -0.1) is 11.3 Å². The molecule has 0 bridgehead atoms. The molecule has 0 saturated heterocycles. The summed E-state index contributed by atoms with van der Waals surface area (Å²) in [6.07, 6.45) is 0.626. The second-order valence-corrected chi connectivity index (χ2v) is 7.13. The van der Waals surface area contributed by atoms with Crippen LogP contribution >= 0.6 is 11.3 Å². The normalized spacial score (nSPS) is 11.7. The molecule has 20 heavy (non-hydrogen) atoms. The van der Waals surface area contributed by atoms with Crippen LogP contribution in [0.15, 0.2) is 40.6 Å². The molecule has 0 amide bonds. The van der Waals surface area contributed by atoms with E-state index in [2.05, 4.69) is 4.72 Å². The summed E-state index contributed by atoms with van der Waals surface area (Å²) in [6.45, 7) is 2.02. The molecular weight excluding hydrogens is 294 g/mol. The van der Waals surface area contributed by atoms with E-state index in [1.54, 1.807) is 12.1 Å². The summed E-state index contributed by atoms with van der Waals surface area (Å²) in [4.78, 5) is 1.22. The van der Waals surface area contributed by atoms with Crippen molar-refractivity contribution in [2.24, 2.45) is 0 Å². The number of aryl methyl sites for hydroxylation is 1. The van der Waals surface area contributed by atoms with Gasteiger partial charge in [-0.05, 0) is 35.1 Å². The van der Waals surface area contributed by atoms with E-state index in [0.717, 1.165) is 10.4 Å². The number of sulfonamides is 1. The van der Waals surface area contributed by atoms with Crippen LogP contribution in [-0.2, 0) is 29.6 Å². The van der Waals surface area contributed by atoms with Crippen LogP contribution in [0.5, 0.6) is 0 Å². The van der Waals surface area contributed by atoms with Crippen LogP contribution in [0, 0.1) is 0 Å². The number of rotatable bonds is 6. The van der Waals surface area contributed by atoms with Crippen LogP contribution in [0.4, 0.5) is 0 Å². The number of aliphatic hydroxyl groups is 1. The third-order valence-electron chi connectivity index (χ3n) is 3.00. The molecule has 2 N–H and O–H groups in total. The predicted octanol–water partition coefficient (Wildman–Crippen LogP) is 2.28. The third kappa shape index (κ3) is 3.46. The molecule has 2 rings (SSSR count).